The van der Waals surface area contributed by atoms with Crippen molar-refractivity contribution in [1.82, 2.24) is 18.7 Å². The molecule has 2 bridgehead atoms. The minimum absolute atomic E-state index is 0.00861. The van der Waals surface area contributed by atoms with Crippen LogP contribution in [0.25, 0.3) is 10.9 Å². The second-order valence-electron chi connectivity index (χ2n) is 15.3. The highest BCUT2D eigenvalue weighted by atomic mass is 32.2. The number of sulfonamides is 1. The molecule has 2 saturated heterocycles. The molecule has 11 heteroatoms. The Balaban J connectivity index is 1.26. The maximum Gasteiger partial charge on any atom is 0.268 e. The maximum absolute atomic E-state index is 14.9. The van der Waals surface area contributed by atoms with Crippen LogP contribution in [0.5, 0.6) is 5.75 Å². The average molecular weight is 689 g/mol. The molecule has 2 amide bonds. The van der Waals surface area contributed by atoms with E-state index in [1.165, 1.54) is 4.31 Å². The molecule has 0 N–H and O–H groups in total. The van der Waals surface area contributed by atoms with Gasteiger partial charge in [-0.25, -0.2) is 12.7 Å². The number of carbonyl (C=O) groups excluding carboxylic acids is 2. The summed E-state index contributed by atoms with van der Waals surface area (Å²) in [7, 11) is -0.0698. The number of ether oxygens (including phenoxy) is 2. The number of allylic oxidation sites excluding steroid dienone is 4. The molecular weight excluding hydrogens is 641 g/mol. The van der Waals surface area contributed by atoms with E-state index in [0.717, 1.165) is 71.4 Å². The largest absolute Gasteiger partial charge is 0.496 e. The number of piperazine rings is 1. The molecule has 3 aliphatic heterocycles. The normalized spacial score (nSPS) is 27.2. The quantitative estimate of drug-likeness (QED) is 0.419. The van der Waals surface area contributed by atoms with Crippen molar-refractivity contribution in [3.63, 3.8) is 0 Å². The molecule has 0 radical (unpaired) electrons. The lowest BCUT2D eigenvalue weighted by molar-refractivity contribution is -0.159. The van der Waals surface area contributed by atoms with Gasteiger partial charge in [-0.15, -0.1) is 0 Å². The van der Waals surface area contributed by atoms with Crippen molar-refractivity contribution in [2.75, 3.05) is 46.2 Å². The third-order valence-electron chi connectivity index (χ3n) is 11.5. The van der Waals surface area contributed by atoms with Gasteiger partial charge in [0.2, 0.25) is 15.9 Å². The van der Waals surface area contributed by atoms with Crippen LogP contribution >= 0.6 is 0 Å². The van der Waals surface area contributed by atoms with Gasteiger partial charge in [0.25, 0.3) is 5.91 Å². The van der Waals surface area contributed by atoms with E-state index < -0.39 is 15.9 Å². The molecule has 1 aromatic heterocycles. The molecule has 1 unspecified atom stereocenters. The highest BCUT2D eigenvalue weighted by Gasteiger charge is 2.51. The Kier molecular flexibility index (Phi) is 8.31. The van der Waals surface area contributed by atoms with Crippen molar-refractivity contribution in [3.8, 4) is 5.75 Å². The molecule has 3 aliphatic carbocycles. The van der Waals surface area contributed by atoms with Crippen LogP contribution in [0.1, 0.15) is 64.0 Å². The average Bonchev–Trinajstić information content (AvgIpc) is 3.69. The molecule has 10 nitrogen and oxygen atoms in total. The van der Waals surface area contributed by atoms with E-state index >= 15 is 0 Å². The monoisotopic (exact) mass is 688 g/mol. The van der Waals surface area contributed by atoms with Crippen LogP contribution in [0.3, 0.4) is 0 Å². The summed E-state index contributed by atoms with van der Waals surface area (Å²) < 4.78 is 43.2. The summed E-state index contributed by atoms with van der Waals surface area (Å²) in [4.78, 5) is 34.0. The number of amides is 2. The van der Waals surface area contributed by atoms with Gasteiger partial charge in [0.15, 0.2) is 0 Å². The highest BCUT2D eigenvalue weighted by molar-refractivity contribution is 7.89. The predicted octanol–water partition coefficient (Wildman–Crippen LogP) is 4.62. The fourth-order valence-corrected chi connectivity index (χ4v) is 11.5. The van der Waals surface area contributed by atoms with Crippen molar-refractivity contribution in [2.45, 2.75) is 83.0 Å². The van der Waals surface area contributed by atoms with E-state index in [1.807, 2.05) is 26.0 Å². The van der Waals surface area contributed by atoms with E-state index in [0.29, 0.717) is 44.6 Å². The van der Waals surface area contributed by atoms with Crippen LogP contribution in [0.4, 0.5) is 0 Å². The maximum atomic E-state index is 14.9. The molecule has 2 aromatic rings. The van der Waals surface area contributed by atoms with Crippen LogP contribution in [0, 0.1) is 11.8 Å². The Hall–Kier alpha value is -3.41. The molecule has 0 spiro atoms. The summed E-state index contributed by atoms with van der Waals surface area (Å²) >= 11 is 0. The van der Waals surface area contributed by atoms with Gasteiger partial charge in [0, 0.05) is 42.7 Å². The zero-order valence-electron chi connectivity index (χ0n) is 29.1. The third-order valence-corrected chi connectivity index (χ3v) is 13.6. The Morgan fingerprint density at radius 2 is 1.82 bits per heavy atom. The van der Waals surface area contributed by atoms with Gasteiger partial charge < -0.3 is 23.8 Å². The lowest BCUT2D eigenvalue weighted by Gasteiger charge is -2.50. The van der Waals surface area contributed by atoms with Gasteiger partial charge in [-0.2, -0.15) is 0 Å². The lowest BCUT2D eigenvalue weighted by Crippen LogP contribution is -2.66. The third kappa shape index (κ3) is 5.47. The number of methoxy groups -OCH3 is 1. The number of nitrogens with zero attached hydrogens (tertiary/aromatic N) is 4. The van der Waals surface area contributed by atoms with E-state index in [1.54, 1.807) is 7.11 Å². The molecule has 8 rings (SSSR count). The number of aromatic nitrogens is 1. The first-order valence-corrected chi connectivity index (χ1v) is 19.7. The summed E-state index contributed by atoms with van der Waals surface area (Å²) in [5.74, 6) is -0.349. The van der Waals surface area contributed by atoms with E-state index in [4.69, 9.17) is 9.47 Å². The first-order valence-electron chi connectivity index (χ1n) is 18.0. The Bertz CT molecular complexity index is 1890. The van der Waals surface area contributed by atoms with Gasteiger partial charge in [-0.1, -0.05) is 51.3 Å². The summed E-state index contributed by atoms with van der Waals surface area (Å²) in [6.45, 7) is 6.80. The summed E-state index contributed by atoms with van der Waals surface area (Å²) in [6.07, 6.45) is 9.04. The number of likely N-dealkylation sites (N-methyl/N-ethyl adjacent to an activating group) is 1. The smallest absolute Gasteiger partial charge is 0.268 e. The summed E-state index contributed by atoms with van der Waals surface area (Å²) in [6, 6.07) is 7.81. The second kappa shape index (κ2) is 12.4. The van der Waals surface area contributed by atoms with Crippen molar-refractivity contribution in [1.29, 1.82) is 0 Å². The zero-order valence-corrected chi connectivity index (χ0v) is 29.9. The number of hydrogen-bond donors (Lipinski definition) is 0. The number of fused-ring (bicyclic) bond motifs is 8. The van der Waals surface area contributed by atoms with Gasteiger partial charge in [-0.05, 0) is 67.1 Å². The van der Waals surface area contributed by atoms with E-state index in [9.17, 15) is 18.0 Å². The number of rotatable bonds is 7. The standard InChI is InChI=1S/C38H48N4O6S/c1-23(2)22-49(45,46)42(24-10-6-5-7-11-24)38(44)36-30-19-40-31-14-9-15-33(47-4)29(31)16-32(40)34-27(35(30)36)12-8-13-28(34)37(43)41-25-17-39(3)18-26(41)21-48-20-25/h8-9,12,14-16,23-26,28,34H,5-7,10-11,13,17-22H2,1-4H3/t25-,26+,28-,34?/m1/s1. The fourth-order valence-electron chi connectivity index (χ4n) is 9.51. The first-order chi connectivity index (χ1) is 23.6. The second-order valence-corrected chi connectivity index (χ2v) is 17.2. The number of carbonyl (C=O) groups is 2. The van der Waals surface area contributed by atoms with Crippen LogP contribution in [0.2, 0.25) is 0 Å². The molecule has 4 heterocycles. The van der Waals surface area contributed by atoms with Gasteiger partial charge >= 0.3 is 0 Å². The summed E-state index contributed by atoms with van der Waals surface area (Å²) in [5, 5.41) is 0.964. The van der Waals surface area contributed by atoms with Gasteiger partial charge in [0.05, 0.1) is 55.2 Å². The molecular formula is C38H48N4O6S. The van der Waals surface area contributed by atoms with Gasteiger partial charge in [-0.3, -0.25) is 9.59 Å². The number of morpholine rings is 1. The zero-order chi connectivity index (χ0) is 34.2. The van der Waals surface area contributed by atoms with Crippen LogP contribution in [-0.4, -0.2) is 103 Å². The van der Waals surface area contributed by atoms with Crippen LogP contribution in [0.15, 0.2) is 58.7 Å². The highest BCUT2D eigenvalue weighted by Crippen LogP contribution is 2.55. The van der Waals surface area contributed by atoms with Gasteiger partial charge in [0.1, 0.15) is 5.75 Å². The molecule has 1 saturated carbocycles. The Morgan fingerprint density at radius 3 is 2.51 bits per heavy atom. The van der Waals surface area contributed by atoms with E-state index in [-0.39, 0.29) is 47.5 Å². The molecule has 3 fully saturated rings. The number of benzene rings is 1. The molecule has 4 atom stereocenters. The Morgan fingerprint density at radius 1 is 1.08 bits per heavy atom. The first kappa shape index (κ1) is 32.8. The topological polar surface area (TPSA) is 101 Å². The van der Waals surface area contributed by atoms with Crippen LogP contribution < -0.4 is 4.74 Å². The minimum atomic E-state index is -3.84. The van der Waals surface area contributed by atoms with Crippen molar-refractivity contribution in [3.05, 3.63) is 64.4 Å². The van der Waals surface area contributed by atoms with Crippen molar-refractivity contribution < 1.29 is 27.5 Å². The number of hydrogen-bond acceptors (Lipinski definition) is 7. The molecule has 6 aliphatic rings. The van der Waals surface area contributed by atoms with Crippen molar-refractivity contribution in [2.24, 2.45) is 11.8 Å². The van der Waals surface area contributed by atoms with Crippen LogP contribution in [-0.2, 0) is 30.9 Å². The molecule has 49 heavy (non-hydrogen) atoms. The minimum Gasteiger partial charge on any atom is -0.496 e. The lowest BCUT2D eigenvalue weighted by atomic mass is 9.75. The molecule has 1 aromatic carbocycles. The van der Waals surface area contributed by atoms with Crippen molar-refractivity contribution >= 4 is 32.7 Å². The SMILES string of the molecule is COc1cccc2c1cc1n2CC2=C(C(=O)N(C3CCCCC3)S(=O)(=O)CC(C)C)C2=C2C=CC[C@@H](C(=O)N3[C@@H]4COC[C@H]3CN(C)C4)C21. The van der Waals surface area contributed by atoms with E-state index in [2.05, 4.69) is 45.7 Å². The molecule has 262 valence electrons. The fraction of sp³-hybridized carbons (Fsp3) is 0.579. The predicted molar refractivity (Wildman–Crippen MR) is 188 cm³/mol. The summed E-state index contributed by atoms with van der Waals surface area (Å²) in [5.41, 5.74) is 5.21. The Labute approximate surface area is 289 Å².